The van der Waals surface area contributed by atoms with Crippen molar-refractivity contribution >= 4 is 11.6 Å². The smallest absolute Gasteiger partial charge is 0.212 e. The zero-order valence-electron chi connectivity index (χ0n) is 16.3. The number of nitrogens with two attached hydrogens (primary N) is 1. The lowest BCUT2D eigenvalue weighted by atomic mass is 9.73. The lowest BCUT2D eigenvalue weighted by molar-refractivity contribution is 0.103. The first kappa shape index (κ1) is 20.2. The monoisotopic (exact) mass is 400 g/mol. The third-order valence-corrected chi connectivity index (χ3v) is 6.58. The Morgan fingerprint density at radius 1 is 0.967 bits per heavy atom. The van der Waals surface area contributed by atoms with Crippen LogP contribution in [0.1, 0.15) is 53.5 Å². The van der Waals surface area contributed by atoms with Crippen molar-refractivity contribution in [1.29, 1.82) is 0 Å². The molecule has 1 aliphatic carbocycles. The van der Waals surface area contributed by atoms with Gasteiger partial charge in [-0.25, -0.2) is 9.97 Å². The average Bonchev–Trinajstić information content (AvgIpc) is 3.06. The van der Waals surface area contributed by atoms with E-state index in [1.54, 1.807) is 24.5 Å². The third kappa shape index (κ3) is 3.39. The topological polar surface area (TPSA) is 72.1 Å². The Labute approximate surface area is 178 Å². The minimum atomic E-state index is -0.100. The fraction of sp³-hybridized carbons (Fsp3) is 0.320. The molecule has 30 heavy (non-hydrogen) atoms. The largest absolute Gasteiger partial charge is 0.355 e. The minimum absolute atomic E-state index is 0. The van der Waals surface area contributed by atoms with Crippen molar-refractivity contribution < 1.29 is 4.79 Å². The van der Waals surface area contributed by atoms with Crippen LogP contribution in [0.4, 0.5) is 5.82 Å². The van der Waals surface area contributed by atoms with Gasteiger partial charge in [0.1, 0.15) is 11.5 Å². The van der Waals surface area contributed by atoms with Crippen LogP contribution in [-0.2, 0) is 6.42 Å². The Morgan fingerprint density at radius 3 is 2.33 bits per heavy atom. The summed E-state index contributed by atoms with van der Waals surface area (Å²) in [7, 11) is 0. The van der Waals surface area contributed by atoms with Crippen molar-refractivity contribution in [2.24, 2.45) is 11.1 Å². The molecule has 3 aromatic rings. The molecule has 0 saturated carbocycles. The molecular formula is C25H28N4O. The van der Waals surface area contributed by atoms with Gasteiger partial charge in [-0.2, -0.15) is 0 Å². The number of hydrogen-bond donors (Lipinski definition) is 1. The molecule has 1 aromatic heterocycles. The van der Waals surface area contributed by atoms with Gasteiger partial charge in [0, 0.05) is 24.7 Å². The van der Waals surface area contributed by atoms with Gasteiger partial charge in [-0.15, -0.1) is 0 Å². The summed E-state index contributed by atoms with van der Waals surface area (Å²) in [5, 5.41) is 0. The highest BCUT2D eigenvalue weighted by Gasteiger charge is 2.45. The molecule has 2 aromatic carbocycles. The molecule has 5 rings (SSSR count). The minimum Gasteiger partial charge on any atom is -0.355 e. The number of hydrogen-bond acceptors (Lipinski definition) is 5. The van der Waals surface area contributed by atoms with E-state index < -0.39 is 0 Å². The van der Waals surface area contributed by atoms with E-state index in [9.17, 15) is 4.79 Å². The molecule has 0 bridgehead atoms. The Hall–Kier alpha value is -3.05. The van der Waals surface area contributed by atoms with Crippen molar-refractivity contribution in [3.8, 4) is 0 Å². The van der Waals surface area contributed by atoms with E-state index in [2.05, 4.69) is 39.1 Å². The van der Waals surface area contributed by atoms with Gasteiger partial charge in [0.05, 0.1) is 12.4 Å². The molecule has 5 heteroatoms. The highest BCUT2D eigenvalue weighted by atomic mass is 16.1. The van der Waals surface area contributed by atoms with Crippen LogP contribution in [-0.4, -0.2) is 28.8 Å². The first-order valence-electron chi connectivity index (χ1n) is 10.2. The highest BCUT2D eigenvalue weighted by molar-refractivity contribution is 6.07. The number of anilines is 1. The molecule has 1 aliphatic heterocycles. The summed E-state index contributed by atoms with van der Waals surface area (Å²) < 4.78 is 0. The van der Waals surface area contributed by atoms with E-state index in [1.807, 2.05) is 18.2 Å². The van der Waals surface area contributed by atoms with Crippen LogP contribution in [0.15, 0.2) is 67.0 Å². The number of piperidine rings is 1. The number of nitrogens with zero attached hydrogens (tertiary/aromatic N) is 3. The fourth-order valence-corrected chi connectivity index (χ4v) is 4.83. The quantitative estimate of drug-likeness (QED) is 0.668. The van der Waals surface area contributed by atoms with Gasteiger partial charge in [-0.1, -0.05) is 62.0 Å². The zero-order valence-corrected chi connectivity index (χ0v) is 16.3. The number of fused-ring (bicyclic) bond motifs is 1. The number of benzene rings is 2. The van der Waals surface area contributed by atoms with E-state index in [0.29, 0.717) is 11.3 Å². The van der Waals surface area contributed by atoms with Gasteiger partial charge < -0.3 is 10.6 Å². The van der Waals surface area contributed by atoms with Crippen molar-refractivity contribution in [2.45, 2.75) is 32.7 Å². The summed E-state index contributed by atoms with van der Waals surface area (Å²) in [4.78, 5) is 23.7. The maximum atomic E-state index is 12.5. The molecule has 5 nitrogen and oxygen atoms in total. The Balaban J connectivity index is 0.00000218. The molecule has 2 N–H and O–H groups in total. The van der Waals surface area contributed by atoms with Crippen LogP contribution in [0.5, 0.6) is 0 Å². The molecule has 1 atom stereocenters. The van der Waals surface area contributed by atoms with E-state index in [1.165, 1.54) is 11.1 Å². The second kappa shape index (κ2) is 8.00. The molecule has 2 heterocycles. The van der Waals surface area contributed by atoms with Crippen LogP contribution < -0.4 is 10.6 Å². The molecule has 0 unspecified atom stereocenters. The van der Waals surface area contributed by atoms with Gasteiger partial charge in [0.2, 0.25) is 5.78 Å². The molecule has 1 fully saturated rings. The van der Waals surface area contributed by atoms with E-state index in [4.69, 9.17) is 5.73 Å². The van der Waals surface area contributed by atoms with Gasteiger partial charge in [0.25, 0.3) is 0 Å². The van der Waals surface area contributed by atoms with Crippen LogP contribution in [0, 0.1) is 5.41 Å². The normalized spacial score (nSPS) is 19.2. The molecule has 0 radical (unpaired) electrons. The molecule has 1 saturated heterocycles. The predicted molar refractivity (Wildman–Crippen MR) is 120 cm³/mol. The first-order valence-corrected chi connectivity index (χ1v) is 10.2. The highest BCUT2D eigenvalue weighted by Crippen LogP contribution is 2.50. The van der Waals surface area contributed by atoms with Gasteiger partial charge in [0.15, 0.2) is 0 Å². The van der Waals surface area contributed by atoms with Gasteiger partial charge in [-0.3, -0.25) is 4.79 Å². The van der Waals surface area contributed by atoms with Crippen LogP contribution >= 0.6 is 0 Å². The lowest BCUT2D eigenvalue weighted by Gasteiger charge is -2.42. The summed E-state index contributed by atoms with van der Waals surface area (Å²) in [6, 6.07) is 17.9. The first-order chi connectivity index (χ1) is 14.2. The maximum Gasteiger partial charge on any atom is 0.212 e. The Kier molecular flexibility index (Phi) is 5.39. The summed E-state index contributed by atoms with van der Waals surface area (Å²) in [5.74, 6) is 0.727. The van der Waals surface area contributed by atoms with Crippen LogP contribution in [0.25, 0.3) is 0 Å². The second-order valence-corrected chi connectivity index (χ2v) is 8.16. The van der Waals surface area contributed by atoms with Gasteiger partial charge in [-0.05, 0) is 35.8 Å². The number of carbonyl (C=O) groups is 1. The maximum absolute atomic E-state index is 12.5. The standard InChI is InChI=1S/C24H24N4O.CH4/c25-23-19-9-5-4-8-18(19)14-24(23)10-12-28(13-11-24)21-16-26-20(15-27-21)22(29)17-6-2-1-3-7-17;/h1-9,15-16,23H,10-14,25H2;1H4/t23-;/m1./s1. The molecule has 154 valence electrons. The SMILES string of the molecule is C.N[C@@H]1c2ccccc2CC12CCN(c1cnc(C(=O)c3ccccc3)cn1)CC2. The number of ketones is 1. The van der Waals surface area contributed by atoms with Crippen LogP contribution in [0.2, 0.25) is 0 Å². The lowest BCUT2D eigenvalue weighted by Crippen LogP contribution is -2.44. The summed E-state index contributed by atoms with van der Waals surface area (Å²) >= 11 is 0. The van der Waals surface area contributed by atoms with Crippen molar-refractivity contribution in [3.05, 3.63) is 89.4 Å². The third-order valence-electron chi connectivity index (χ3n) is 6.58. The van der Waals surface area contributed by atoms with Crippen LogP contribution in [0.3, 0.4) is 0 Å². The average molecular weight is 401 g/mol. The Bertz CT molecular complexity index is 1020. The number of aromatic nitrogens is 2. The number of rotatable bonds is 3. The van der Waals surface area contributed by atoms with E-state index >= 15 is 0 Å². The van der Waals surface area contributed by atoms with Crippen molar-refractivity contribution in [1.82, 2.24) is 9.97 Å². The molecular weight excluding hydrogens is 372 g/mol. The fourth-order valence-electron chi connectivity index (χ4n) is 4.83. The van der Waals surface area contributed by atoms with Gasteiger partial charge >= 0.3 is 0 Å². The summed E-state index contributed by atoms with van der Waals surface area (Å²) in [5.41, 5.74) is 10.5. The molecule has 2 aliphatic rings. The summed E-state index contributed by atoms with van der Waals surface area (Å²) in [6.07, 6.45) is 6.45. The van der Waals surface area contributed by atoms with Crippen molar-refractivity contribution in [2.75, 3.05) is 18.0 Å². The van der Waals surface area contributed by atoms with Crippen molar-refractivity contribution in [3.63, 3.8) is 0 Å². The molecule has 0 amide bonds. The second-order valence-electron chi connectivity index (χ2n) is 8.16. The van der Waals surface area contributed by atoms with E-state index in [0.717, 1.165) is 38.2 Å². The summed E-state index contributed by atoms with van der Waals surface area (Å²) in [6.45, 7) is 1.81. The number of carbonyl (C=O) groups excluding carboxylic acids is 1. The predicted octanol–water partition coefficient (Wildman–Crippen LogP) is 4.19. The van der Waals surface area contributed by atoms with E-state index in [-0.39, 0.29) is 24.7 Å². The zero-order chi connectivity index (χ0) is 19.8. The Morgan fingerprint density at radius 2 is 1.67 bits per heavy atom. The molecule has 1 spiro atoms.